The van der Waals surface area contributed by atoms with E-state index in [1.165, 1.54) is 4.90 Å². The summed E-state index contributed by atoms with van der Waals surface area (Å²) in [7, 11) is -4.71. The van der Waals surface area contributed by atoms with E-state index in [2.05, 4.69) is 5.32 Å². The van der Waals surface area contributed by atoms with Gasteiger partial charge >= 0.3 is 24.0 Å². The number of anilines is 1. The van der Waals surface area contributed by atoms with Crippen LogP contribution >= 0.6 is 0 Å². The standard InChI is InChI=1S/C28H26F8N2O5S/c29-18-2-1-3-19(13-18)44(42,43)25-10-11-38(23(39)15-4-6-16(7-5-15)24(40)41)22(25)14-37-21-12-17(8-9-20(21)25)26(30,27(31,32)33)28(34,35)36/h1-3,8-9,12-13,15-16,22,37H,4-7,10-11,14H2,(H,40,41)/t15-,16-,22?,25?. The fourth-order valence-corrected chi connectivity index (χ4v) is 9.15. The smallest absolute Gasteiger partial charge is 0.435 e. The van der Waals surface area contributed by atoms with Crippen molar-refractivity contribution in [3.63, 3.8) is 0 Å². The Kier molecular flexibility index (Phi) is 7.69. The Morgan fingerprint density at radius 1 is 0.909 bits per heavy atom. The molecule has 16 heteroatoms. The number of carbonyl (C=O) groups is 2. The summed E-state index contributed by atoms with van der Waals surface area (Å²) in [4.78, 5) is 25.8. The van der Waals surface area contributed by atoms with Gasteiger partial charge < -0.3 is 15.3 Å². The van der Waals surface area contributed by atoms with E-state index in [0.29, 0.717) is 6.07 Å². The van der Waals surface area contributed by atoms with Gasteiger partial charge in [0.1, 0.15) is 10.6 Å². The number of nitrogens with one attached hydrogen (secondary N) is 1. The van der Waals surface area contributed by atoms with Crippen molar-refractivity contribution in [2.75, 3.05) is 18.4 Å². The van der Waals surface area contributed by atoms with Crippen molar-refractivity contribution in [2.45, 2.75) is 65.8 Å². The molecule has 1 saturated carbocycles. The maximum absolute atomic E-state index is 14.9. The van der Waals surface area contributed by atoms with Gasteiger partial charge in [0.15, 0.2) is 9.84 Å². The number of hydrogen-bond acceptors (Lipinski definition) is 5. The first-order valence-electron chi connectivity index (χ1n) is 13.6. The zero-order chi connectivity index (χ0) is 32.5. The molecule has 1 aliphatic carbocycles. The van der Waals surface area contributed by atoms with E-state index >= 15 is 0 Å². The molecule has 5 rings (SSSR count). The number of rotatable bonds is 5. The molecule has 2 aromatic carbocycles. The lowest BCUT2D eigenvalue weighted by Crippen LogP contribution is -2.56. The van der Waals surface area contributed by atoms with Crippen molar-refractivity contribution >= 4 is 27.4 Å². The number of alkyl halides is 7. The summed E-state index contributed by atoms with van der Waals surface area (Å²) in [5.41, 5.74) is -8.39. The number of amides is 1. The Morgan fingerprint density at radius 3 is 2.09 bits per heavy atom. The van der Waals surface area contributed by atoms with E-state index in [-0.39, 0.29) is 56.3 Å². The summed E-state index contributed by atoms with van der Waals surface area (Å²) in [6.45, 7) is -0.629. The molecule has 1 saturated heterocycles. The summed E-state index contributed by atoms with van der Waals surface area (Å²) in [5.74, 6) is -3.69. The van der Waals surface area contributed by atoms with Gasteiger partial charge in [0.25, 0.3) is 0 Å². The Morgan fingerprint density at radius 2 is 1.52 bits per heavy atom. The average Bonchev–Trinajstić information content (AvgIpc) is 3.36. The molecule has 240 valence electrons. The molecule has 2 unspecified atom stereocenters. The number of benzene rings is 2. The molecular weight excluding hydrogens is 628 g/mol. The Bertz CT molecular complexity index is 1570. The maximum Gasteiger partial charge on any atom is 0.435 e. The third-order valence-corrected chi connectivity index (χ3v) is 11.6. The second-order valence-corrected chi connectivity index (χ2v) is 13.5. The first-order chi connectivity index (χ1) is 20.4. The summed E-state index contributed by atoms with van der Waals surface area (Å²) in [6, 6.07) is 3.83. The summed E-state index contributed by atoms with van der Waals surface area (Å²) < 4.78 is 137. The molecule has 2 heterocycles. The third-order valence-electron chi connectivity index (χ3n) is 9.07. The minimum atomic E-state index is -6.40. The summed E-state index contributed by atoms with van der Waals surface area (Å²) in [6.07, 6.45) is -12.3. The van der Waals surface area contributed by atoms with Gasteiger partial charge in [-0.15, -0.1) is 0 Å². The van der Waals surface area contributed by atoms with E-state index < -0.39 is 90.9 Å². The lowest BCUT2D eigenvalue weighted by molar-refractivity contribution is -0.348. The molecule has 2 aliphatic heterocycles. The molecule has 0 spiro atoms. The number of carboxylic acids is 1. The lowest BCUT2D eigenvalue weighted by Gasteiger charge is -2.44. The van der Waals surface area contributed by atoms with Crippen molar-refractivity contribution in [3.05, 3.63) is 59.4 Å². The van der Waals surface area contributed by atoms with E-state index in [0.717, 1.165) is 24.3 Å². The number of nitrogens with zero attached hydrogens (tertiary/aromatic N) is 1. The largest absolute Gasteiger partial charge is 0.481 e. The summed E-state index contributed by atoms with van der Waals surface area (Å²) in [5, 5.41) is 11.9. The zero-order valence-electron chi connectivity index (χ0n) is 22.7. The predicted octanol–water partition coefficient (Wildman–Crippen LogP) is 5.70. The maximum atomic E-state index is 14.9. The summed E-state index contributed by atoms with van der Waals surface area (Å²) >= 11 is 0. The molecule has 2 atom stereocenters. The van der Waals surface area contributed by atoms with Gasteiger partial charge in [-0.1, -0.05) is 18.2 Å². The molecular formula is C28H26F8N2O5S. The monoisotopic (exact) mass is 654 g/mol. The van der Waals surface area contributed by atoms with Gasteiger partial charge in [0, 0.05) is 30.3 Å². The SMILES string of the molecule is O=C(O)[C@H]1CC[C@H](C(=O)N2CCC3(S(=O)(=O)c4cccc(F)c4)c4ccc(C(F)(C(F)(F)F)C(F)(F)F)cc4NCC23)CC1. The molecule has 1 amide bonds. The molecule has 0 bridgehead atoms. The number of aliphatic carboxylic acids is 1. The number of carbonyl (C=O) groups excluding carboxylic acids is 1. The molecule has 2 N–H and O–H groups in total. The molecule has 0 radical (unpaired) electrons. The van der Waals surface area contributed by atoms with Crippen LogP contribution in [0.15, 0.2) is 47.4 Å². The van der Waals surface area contributed by atoms with Crippen molar-refractivity contribution in [1.29, 1.82) is 0 Å². The third kappa shape index (κ3) is 4.70. The van der Waals surface area contributed by atoms with Crippen LogP contribution in [0.5, 0.6) is 0 Å². The highest BCUT2D eigenvalue weighted by Gasteiger charge is 2.74. The fraction of sp³-hybridized carbons (Fsp3) is 0.500. The average molecular weight is 655 g/mol. The van der Waals surface area contributed by atoms with Gasteiger partial charge in [-0.25, -0.2) is 17.2 Å². The fourth-order valence-electron chi connectivity index (χ4n) is 6.81. The number of likely N-dealkylation sites (tertiary alicyclic amines) is 1. The highest BCUT2D eigenvalue weighted by molar-refractivity contribution is 7.92. The first-order valence-corrected chi connectivity index (χ1v) is 15.1. The Balaban J connectivity index is 1.63. The van der Waals surface area contributed by atoms with Gasteiger partial charge in [0.2, 0.25) is 5.91 Å². The van der Waals surface area contributed by atoms with Gasteiger partial charge in [-0.05, 0) is 61.9 Å². The van der Waals surface area contributed by atoms with Crippen LogP contribution in [0, 0.1) is 17.7 Å². The first kappa shape index (κ1) is 32.0. The van der Waals surface area contributed by atoms with Crippen LogP contribution in [-0.2, 0) is 29.8 Å². The van der Waals surface area contributed by atoms with Crippen molar-refractivity contribution in [1.82, 2.24) is 4.90 Å². The highest BCUT2D eigenvalue weighted by atomic mass is 32.2. The van der Waals surface area contributed by atoms with Crippen molar-refractivity contribution in [2.24, 2.45) is 11.8 Å². The van der Waals surface area contributed by atoms with E-state index in [1.54, 1.807) is 0 Å². The molecule has 0 aromatic heterocycles. The van der Waals surface area contributed by atoms with E-state index in [4.69, 9.17) is 0 Å². The zero-order valence-corrected chi connectivity index (χ0v) is 23.5. The van der Waals surface area contributed by atoms with Crippen LogP contribution in [0.25, 0.3) is 0 Å². The number of hydrogen-bond donors (Lipinski definition) is 2. The molecule has 2 fully saturated rings. The molecule has 2 aromatic rings. The molecule has 7 nitrogen and oxygen atoms in total. The van der Waals surface area contributed by atoms with Crippen LogP contribution in [0.1, 0.15) is 43.2 Å². The number of halogens is 8. The number of carboxylic acid groups (broad SMARTS) is 1. The second kappa shape index (κ2) is 10.6. The van der Waals surface area contributed by atoms with Gasteiger partial charge in [-0.3, -0.25) is 9.59 Å². The van der Waals surface area contributed by atoms with Gasteiger partial charge in [-0.2, -0.15) is 26.3 Å². The normalized spacial score (nSPS) is 26.0. The Hall–Kier alpha value is -3.43. The van der Waals surface area contributed by atoms with E-state index in [9.17, 15) is 58.2 Å². The number of fused-ring (bicyclic) bond motifs is 3. The van der Waals surface area contributed by atoms with Crippen molar-refractivity contribution in [3.8, 4) is 0 Å². The number of sulfone groups is 1. The minimum absolute atomic E-state index is 0.183. The highest BCUT2D eigenvalue weighted by Crippen LogP contribution is 2.57. The minimum Gasteiger partial charge on any atom is -0.481 e. The Labute approximate surface area is 246 Å². The second-order valence-electron chi connectivity index (χ2n) is 11.3. The van der Waals surface area contributed by atoms with Crippen LogP contribution in [-0.4, -0.2) is 61.8 Å². The topological polar surface area (TPSA) is 104 Å². The lowest BCUT2D eigenvalue weighted by atomic mass is 9.80. The van der Waals surface area contributed by atoms with Gasteiger partial charge in [0.05, 0.1) is 16.9 Å². The molecule has 44 heavy (non-hydrogen) atoms. The molecule has 3 aliphatic rings. The van der Waals surface area contributed by atoms with Crippen LogP contribution in [0.2, 0.25) is 0 Å². The van der Waals surface area contributed by atoms with Crippen LogP contribution in [0.3, 0.4) is 0 Å². The predicted molar refractivity (Wildman–Crippen MR) is 138 cm³/mol. The van der Waals surface area contributed by atoms with Crippen LogP contribution < -0.4 is 5.32 Å². The quantitative estimate of drug-likeness (QED) is 0.401. The van der Waals surface area contributed by atoms with E-state index in [1.807, 2.05) is 0 Å². The van der Waals surface area contributed by atoms with Crippen LogP contribution in [0.4, 0.5) is 40.8 Å². The van der Waals surface area contributed by atoms with Crippen molar-refractivity contribution < 1.29 is 58.2 Å².